The Morgan fingerprint density at radius 1 is 1.33 bits per heavy atom. The van der Waals surface area contributed by atoms with Crippen molar-refractivity contribution in [1.82, 2.24) is 9.97 Å². The van der Waals surface area contributed by atoms with Crippen LogP contribution in [0.5, 0.6) is 0 Å². The summed E-state index contributed by atoms with van der Waals surface area (Å²) in [5.74, 6) is 0.466. The van der Waals surface area contributed by atoms with Gasteiger partial charge in [-0.15, -0.1) is 0 Å². The maximum Gasteiger partial charge on any atom is 0.265 e. The zero-order valence-corrected chi connectivity index (χ0v) is 9.84. The number of rotatable bonds is 1. The predicted octanol–water partition coefficient (Wildman–Crippen LogP) is 2.85. The van der Waals surface area contributed by atoms with E-state index in [9.17, 15) is 4.79 Å². The number of hydrogen-bond donors (Lipinski definition) is 1. The van der Waals surface area contributed by atoms with Crippen LogP contribution in [0.1, 0.15) is 0 Å². The fourth-order valence-corrected chi connectivity index (χ4v) is 1.60. The van der Waals surface area contributed by atoms with Crippen LogP contribution < -0.4 is 5.56 Å². The van der Waals surface area contributed by atoms with Gasteiger partial charge in [0, 0.05) is 11.8 Å². The van der Waals surface area contributed by atoms with Crippen molar-refractivity contribution in [2.24, 2.45) is 0 Å². The summed E-state index contributed by atoms with van der Waals surface area (Å²) in [6.07, 6.45) is 1.46. The average molecular weight is 286 g/mol. The van der Waals surface area contributed by atoms with E-state index in [1.54, 1.807) is 12.1 Å². The molecule has 0 saturated heterocycles. The molecule has 0 aliphatic heterocycles. The first-order valence-electron chi connectivity index (χ1n) is 4.18. The summed E-state index contributed by atoms with van der Waals surface area (Å²) in [5.41, 5.74) is 0.490. The molecule has 15 heavy (non-hydrogen) atoms. The second-order valence-corrected chi connectivity index (χ2v) is 4.15. The van der Waals surface area contributed by atoms with E-state index in [-0.39, 0.29) is 5.56 Å². The van der Waals surface area contributed by atoms with Gasteiger partial charge in [-0.1, -0.05) is 23.7 Å². The van der Waals surface area contributed by atoms with Crippen molar-refractivity contribution in [3.8, 4) is 11.4 Å². The lowest BCUT2D eigenvalue weighted by Gasteiger charge is -2.02. The van der Waals surface area contributed by atoms with E-state index in [4.69, 9.17) is 11.6 Å². The summed E-state index contributed by atoms with van der Waals surface area (Å²) in [7, 11) is 0. The molecule has 0 aliphatic carbocycles. The molecule has 3 nitrogen and oxygen atoms in total. The second kappa shape index (κ2) is 4.16. The summed E-state index contributed by atoms with van der Waals surface area (Å²) in [6.45, 7) is 0. The van der Waals surface area contributed by atoms with Crippen LogP contribution in [0.15, 0.2) is 39.7 Å². The SMILES string of the molecule is O=c1[nH]c(-c2ccccc2Cl)ncc1Br. The van der Waals surface area contributed by atoms with Crippen LogP contribution >= 0.6 is 27.5 Å². The van der Waals surface area contributed by atoms with Gasteiger partial charge in [0.1, 0.15) is 10.3 Å². The predicted molar refractivity (Wildman–Crippen MR) is 63.0 cm³/mol. The van der Waals surface area contributed by atoms with Gasteiger partial charge in [-0.05, 0) is 28.1 Å². The number of benzene rings is 1. The first-order chi connectivity index (χ1) is 7.18. The van der Waals surface area contributed by atoms with Crippen LogP contribution in [0, 0.1) is 0 Å². The van der Waals surface area contributed by atoms with Crippen LogP contribution in [0.3, 0.4) is 0 Å². The minimum absolute atomic E-state index is 0.222. The molecule has 1 heterocycles. The first-order valence-corrected chi connectivity index (χ1v) is 5.35. The highest BCUT2D eigenvalue weighted by molar-refractivity contribution is 9.10. The molecule has 0 saturated carbocycles. The minimum Gasteiger partial charge on any atom is -0.306 e. The van der Waals surface area contributed by atoms with E-state index in [0.717, 1.165) is 0 Å². The minimum atomic E-state index is -0.222. The molecule has 1 aromatic heterocycles. The Bertz CT molecular complexity index is 553. The van der Waals surface area contributed by atoms with E-state index in [2.05, 4.69) is 25.9 Å². The van der Waals surface area contributed by atoms with E-state index < -0.39 is 0 Å². The lowest BCUT2D eigenvalue weighted by atomic mass is 10.2. The maximum atomic E-state index is 11.3. The zero-order valence-electron chi connectivity index (χ0n) is 7.50. The van der Waals surface area contributed by atoms with Crippen LogP contribution in [-0.4, -0.2) is 9.97 Å². The lowest BCUT2D eigenvalue weighted by molar-refractivity contribution is 1.11. The molecule has 0 spiro atoms. The van der Waals surface area contributed by atoms with E-state index in [1.807, 2.05) is 12.1 Å². The summed E-state index contributed by atoms with van der Waals surface area (Å²) in [6, 6.07) is 7.21. The second-order valence-electron chi connectivity index (χ2n) is 2.89. The van der Waals surface area contributed by atoms with Gasteiger partial charge < -0.3 is 4.98 Å². The van der Waals surface area contributed by atoms with Crippen LogP contribution in [0.4, 0.5) is 0 Å². The third kappa shape index (κ3) is 2.11. The first kappa shape index (κ1) is 10.4. The third-order valence-electron chi connectivity index (χ3n) is 1.88. The van der Waals surface area contributed by atoms with Gasteiger partial charge in [-0.25, -0.2) is 4.98 Å². The Kier molecular flexibility index (Phi) is 2.88. The monoisotopic (exact) mass is 284 g/mol. The number of aromatic nitrogens is 2. The van der Waals surface area contributed by atoms with Crippen molar-refractivity contribution < 1.29 is 0 Å². The molecule has 76 valence electrons. The number of hydrogen-bond acceptors (Lipinski definition) is 2. The van der Waals surface area contributed by atoms with Crippen LogP contribution in [0.25, 0.3) is 11.4 Å². The van der Waals surface area contributed by atoms with Crippen LogP contribution in [0.2, 0.25) is 5.02 Å². The van der Waals surface area contributed by atoms with Gasteiger partial charge in [0.05, 0.1) is 5.02 Å². The molecule has 0 aliphatic rings. The number of nitrogens with one attached hydrogen (secondary N) is 1. The summed E-state index contributed by atoms with van der Waals surface area (Å²) >= 11 is 9.06. The highest BCUT2D eigenvalue weighted by Crippen LogP contribution is 2.23. The summed E-state index contributed by atoms with van der Waals surface area (Å²) in [5, 5.41) is 0.558. The van der Waals surface area contributed by atoms with E-state index in [0.29, 0.717) is 20.9 Å². The Hall–Kier alpha value is -1.13. The molecule has 0 radical (unpaired) electrons. The van der Waals surface area contributed by atoms with Crippen molar-refractivity contribution in [3.63, 3.8) is 0 Å². The number of aromatic amines is 1. The molecule has 0 bridgehead atoms. The van der Waals surface area contributed by atoms with Gasteiger partial charge in [0.15, 0.2) is 0 Å². The van der Waals surface area contributed by atoms with Crippen LogP contribution in [-0.2, 0) is 0 Å². The smallest absolute Gasteiger partial charge is 0.265 e. The zero-order chi connectivity index (χ0) is 10.8. The molecule has 0 amide bonds. The molecule has 5 heteroatoms. The van der Waals surface area contributed by atoms with Gasteiger partial charge in [-0.2, -0.15) is 0 Å². The Morgan fingerprint density at radius 3 is 2.73 bits per heavy atom. The highest BCUT2D eigenvalue weighted by Gasteiger charge is 2.05. The Morgan fingerprint density at radius 2 is 2.07 bits per heavy atom. The average Bonchev–Trinajstić information content (AvgIpc) is 2.23. The lowest BCUT2D eigenvalue weighted by Crippen LogP contribution is -2.08. The van der Waals surface area contributed by atoms with E-state index in [1.165, 1.54) is 6.20 Å². The van der Waals surface area contributed by atoms with Gasteiger partial charge in [0.25, 0.3) is 5.56 Å². The quantitative estimate of drug-likeness (QED) is 0.876. The fraction of sp³-hybridized carbons (Fsp3) is 0. The number of H-pyrrole nitrogens is 1. The molecule has 0 fully saturated rings. The van der Waals surface area contributed by atoms with Crippen molar-refractivity contribution in [2.45, 2.75) is 0 Å². The van der Waals surface area contributed by atoms with Gasteiger partial charge in [-0.3, -0.25) is 4.79 Å². The standard InChI is InChI=1S/C10H6BrClN2O/c11-7-5-13-9(14-10(7)15)6-3-1-2-4-8(6)12/h1-5H,(H,13,14,15). The largest absolute Gasteiger partial charge is 0.306 e. The summed E-state index contributed by atoms with van der Waals surface area (Å²) in [4.78, 5) is 18.1. The Balaban J connectivity index is 2.60. The topological polar surface area (TPSA) is 45.8 Å². The van der Waals surface area contributed by atoms with Crippen molar-refractivity contribution in [1.29, 1.82) is 0 Å². The molecule has 1 N–H and O–H groups in total. The fourth-order valence-electron chi connectivity index (χ4n) is 1.17. The normalized spacial score (nSPS) is 10.3. The Labute approximate surface area is 99.3 Å². The third-order valence-corrected chi connectivity index (χ3v) is 2.78. The summed E-state index contributed by atoms with van der Waals surface area (Å²) < 4.78 is 0.401. The van der Waals surface area contributed by atoms with Crippen molar-refractivity contribution in [3.05, 3.63) is 50.3 Å². The maximum absolute atomic E-state index is 11.3. The van der Waals surface area contributed by atoms with Crippen molar-refractivity contribution >= 4 is 27.5 Å². The highest BCUT2D eigenvalue weighted by atomic mass is 79.9. The van der Waals surface area contributed by atoms with Crippen molar-refractivity contribution in [2.75, 3.05) is 0 Å². The molecule has 2 aromatic rings. The molecule has 2 rings (SSSR count). The van der Waals surface area contributed by atoms with Gasteiger partial charge >= 0.3 is 0 Å². The molecule has 0 atom stereocenters. The molecule has 1 aromatic carbocycles. The number of halogens is 2. The molecule has 0 unspecified atom stereocenters. The molecular formula is C10H6BrClN2O. The van der Waals surface area contributed by atoms with Gasteiger partial charge in [0.2, 0.25) is 0 Å². The number of nitrogens with zero attached hydrogens (tertiary/aromatic N) is 1. The molecular weight excluding hydrogens is 279 g/mol. The van der Waals surface area contributed by atoms with E-state index >= 15 is 0 Å².